The number of aromatic nitrogens is 1. The van der Waals surface area contributed by atoms with Crippen LogP contribution in [-0.2, 0) is 0 Å². The average Bonchev–Trinajstić information content (AvgIpc) is 2.71. The summed E-state index contributed by atoms with van der Waals surface area (Å²) in [6.07, 6.45) is 0.920. The molecule has 0 bridgehead atoms. The maximum atomic E-state index is 12.5. The summed E-state index contributed by atoms with van der Waals surface area (Å²) in [7, 11) is 0. The number of para-hydroxylation sites is 2. The van der Waals surface area contributed by atoms with Crippen LogP contribution in [0.25, 0.3) is 0 Å². The number of pyridine rings is 1. The quantitative estimate of drug-likeness (QED) is 0.584. The number of nitrogen functional groups attached to an aromatic ring is 1. The van der Waals surface area contributed by atoms with Crippen molar-refractivity contribution in [3.63, 3.8) is 0 Å². The fourth-order valence-corrected chi connectivity index (χ4v) is 2.70. The number of amides is 1. The maximum Gasteiger partial charge on any atom is 0.259 e. The molecule has 0 spiro atoms. The Morgan fingerprint density at radius 3 is 2.45 bits per heavy atom. The Bertz CT molecular complexity index is 1000. The number of hydrogen-bond donors (Lipinski definition) is 2. The van der Waals surface area contributed by atoms with Crippen molar-refractivity contribution >= 4 is 17.4 Å². The number of benzene rings is 2. The Hall–Kier alpha value is -3.54. The van der Waals surface area contributed by atoms with Gasteiger partial charge in [-0.2, -0.15) is 0 Å². The highest BCUT2D eigenvalue weighted by Crippen LogP contribution is 2.32. The van der Waals surface area contributed by atoms with Crippen LogP contribution in [0.2, 0.25) is 0 Å². The van der Waals surface area contributed by atoms with Crippen LogP contribution >= 0.6 is 0 Å². The molecule has 150 valence electrons. The molecule has 3 rings (SSSR count). The third-order valence-corrected chi connectivity index (χ3v) is 4.39. The minimum absolute atomic E-state index is 0.217. The molecule has 6 heteroatoms. The number of aryl methyl sites for hydroxylation is 2. The van der Waals surface area contributed by atoms with E-state index in [1.54, 1.807) is 30.3 Å². The molecular weight excluding hydrogens is 366 g/mol. The van der Waals surface area contributed by atoms with Gasteiger partial charge in [-0.1, -0.05) is 19.1 Å². The largest absolute Gasteiger partial charge is 0.490 e. The van der Waals surface area contributed by atoms with E-state index >= 15 is 0 Å². The standard InChI is InChI=1S/C23H25N3O3/c1-4-13-28-20-7-5-6-8-21(20)29-18-11-9-17(10-12-18)26-23(27)19-14-15(2)16(3)25-22(19)24/h5-12,14H,4,13H2,1-3H3,(H2,24,25)(H,26,27). The van der Waals surface area contributed by atoms with Crippen LogP contribution in [0.5, 0.6) is 17.2 Å². The molecule has 2 aromatic carbocycles. The number of carbonyl (C=O) groups excluding carboxylic acids is 1. The van der Waals surface area contributed by atoms with Crippen molar-refractivity contribution < 1.29 is 14.3 Å². The number of hydrogen-bond acceptors (Lipinski definition) is 5. The molecule has 3 aromatic rings. The van der Waals surface area contributed by atoms with E-state index in [4.69, 9.17) is 15.2 Å². The van der Waals surface area contributed by atoms with Crippen LogP contribution in [0.15, 0.2) is 54.6 Å². The molecule has 0 radical (unpaired) electrons. The lowest BCUT2D eigenvalue weighted by molar-refractivity contribution is 0.102. The third kappa shape index (κ3) is 5.04. The molecule has 0 saturated heterocycles. The lowest BCUT2D eigenvalue weighted by atomic mass is 10.1. The topological polar surface area (TPSA) is 86.5 Å². The Labute approximate surface area is 170 Å². The highest BCUT2D eigenvalue weighted by Gasteiger charge is 2.13. The third-order valence-electron chi connectivity index (χ3n) is 4.39. The summed E-state index contributed by atoms with van der Waals surface area (Å²) < 4.78 is 11.6. The summed E-state index contributed by atoms with van der Waals surface area (Å²) in [6.45, 7) is 6.43. The molecule has 0 atom stereocenters. The van der Waals surface area contributed by atoms with Gasteiger partial charge in [0.05, 0.1) is 12.2 Å². The summed E-state index contributed by atoms with van der Waals surface area (Å²) in [5.74, 6) is 1.90. The normalized spacial score (nSPS) is 10.4. The maximum absolute atomic E-state index is 12.5. The van der Waals surface area contributed by atoms with Crippen LogP contribution in [0.1, 0.15) is 35.0 Å². The molecule has 1 heterocycles. The minimum atomic E-state index is -0.301. The minimum Gasteiger partial charge on any atom is -0.490 e. The smallest absolute Gasteiger partial charge is 0.259 e. The van der Waals surface area contributed by atoms with E-state index in [2.05, 4.69) is 17.2 Å². The number of ether oxygens (including phenoxy) is 2. The fraction of sp³-hybridized carbons (Fsp3) is 0.217. The first-order valence-corrected chi connectivity index (χ1v) is 9.52. The number of nitrogens with one attached hydrogen (secondary N) is 1. The van der Waals surface area contributed by atoms with Gasteiger partial charge in [-0.05, 0) is 68.3 Å². The first-order valence-electron chi connectivity index (χ1n) is 9.52. The fourth-order valence-electron chi connectivity index (χ4n) is 2.70. The van der Waals surface area contributed by atoms with Gasteiger partial charge in [-0.15, -0.1) is 0 Å². The second-order valence-corrected chi connectivity index (χ2v) is 6.70. The molecule has 3 N–H and O–H groups in total. The monoisotopic (exact) mass is 391 g/mol. The molecule has 0 aliphatic carbocycles. The highest BCUT2D eigenvalue weighted by atomic mass is 16.5. The highest BCUT2D eigenvalue weighted by molar-refractivity contribution is 6.07. The average molecular weight is 391 g/mol. The van der Waals surface area contributed by atoms with Crippen LogP contribution < -0.4 is 20.5 Å². The van der Waals surface area contributed by atoms with Gasteiger partial charge in [0.1, 0.15) is 11.6 Å². The Kier molecular flexibility index (Phi) is 6.34. The van der Waals surface area contributed by atoms with Crippen molar-refractivity contribution in [1.29, 1.82) is 0 Å². The van der Waals surface area contributed by atoms with Gasteiger partial charge < -0.3 is 20.5 Å². The molecule has 0 saturated carbocycles. The van der Waals surface area contributed by atoms with E-state index in [0.29, 0.717) is 35.1 Å². The summed E-state index contributed by atoms with van der Waals surface area (Å²) in [5.41, 5.74) is 8.61. The van der Waals surface area contributed by atoms with Crippen LogP contribution in [-0.4, -0.2) is 17.5 Å². The van der Waals surface area contributed by atoms with E-state index < -0.39 is 0 Å². The van der Waals surface area contributed by atoms with Crippen molar-refractivity contribution in [2.45, 2.75) is 27.2 Å². The first-order chi connectivity index (χ1) is 14.0. The SMILES string of the molecule is CCCOc1ccccc1Oc1ccc(NC(=O)c2cc(C)c(C)nc2N)cc1. The van der Waals surface area contributed by atoms with E-state index in [0.717, 1.165) is 17.7 Å². The molecule has 0 aliphatic heterocycles. The summed E-state index contributed by atoms with van der Waals surface area (Å²) >= 11 is 0. The Morgan fingerprint density at radius 2 is 1.76 bits per heavy atom. The number of carbonyl (C=O) groups is 1. The molecule has 0 fully saturated rings. The van der Waals surface area contributed by atoms with Crippen molar-refractivity contribution in [2.75, 3.05) is 17.7 Å². The van der Waals surface area contributed by atoms with Crippen LogP contribution in [0.4, 0.5) is 11.5 Å². The zero-order valence-electron chi connectivity index (χ0n) is 16.9. The number of rotatable bonds is 7. The van der Waals surface area contributed by atoms with E-state index in [1.807, 2.05) is 38.1 Å². The Balaban J connectivity index is 1.70. The second-order valence-electron chi connectivity index (χ2n) is 6.70. The lowest BCUT2D eigenvalue weighted by Gasteiger charge is -2.13. The second kappa shape index (κ2) is 9.10. The molecule has 29 heavy (non-hydrogen) atoms. The number of nitrogens with zero attached hydrogens (tertiary/aromatic N) is 1. The van der Waals surface area contributed by atoms with E-state index in [-0.39, 0.29) is 11.7 Å². The first kappa shape index (κ1) is 20.2. The van der Waals surface area contributed by atoms with E-state index in [9.17, 15) is 4.79 Å². The molecule has 1 aromatic heterocycles. The van der Waals surface area contributed by atoms with Gasteiger partial charge in [-0.25, -0.2) is 4.98 Å². The molecule has 1 amide bonds. The van der Waals surface area contributed by atoms with Crippen LogP contribution in [0, 0.1) is 13.8 Å². The summed E-state index contributed by atoms with van der Waals surface area (Å²) in [5, 5.41) is 2.84. The van der Waals surface area contributed by atoms with Crippen molar-refractivity contribution in [1.82, 2.24) is 4.98 Å². The molecule has 0 aliphatic rings. The molecular formula is C23H25N3O3. The van der Waals surface area contributed by atoms with Crippen molar-refractivity contribution in [3.05, 3.63) is 71.4 Å². The lowest BCUT2D eigenvalue weighted by Crippen LogP contribution is -2.15. The van der Waals surface area contributed by atoms with Crippen molar-refractivity contribution in [2.24, 2.45) is 0 Å². The van der Waals surface area contributed by atoms with Crippen LogP contribution in [0.3, 0.4) is 0 Å². The zero-order valence-corrected chi connectivity index (χ0v) is 16.9. The summed E-state index contributed by atoms with van der Waals surface area (Å²) in [6, 6.07) is 16.4. The van der Waals surface area contributed by atoms with Gasteiger partial charge >= 0.3 is 0 Å². The predicted molar refractivity (Wildman–Crippen MR) is 115 cm³/mol. The van der Waals surface area contributed by atoms with Gasteiger partial charge in [0.25, 0.3) is 5.91 Å². The molecule has 0 unspecified atom stereocenters. The zero-order chi connectivity index (χ0) is 20.8. The Morgan fingerprint density at radius 1 is 1.07 bits per heavy atom. The predicted octanol–water partition coefficient (Wildman–Crippen LogP) is 5.11. The molecule has 6 nitrogen and oxygen atoms in total. The van der Waals surface area contributed by atoms with Crippen molar-refractivity contribution in [3.8, 4) is 17.2 Å². The van der Waals surface area contributed by atoms with Gasteiger partial charge in [0.15, 0.2) is 11.5 Å². The van der Waals surface area contributed by atoms with Gasteiger partial charge in [0, 0.05) is 11.4 Å². The number of nitrogens with two attached hydrogens (primary N) is 1. The number of anilines is 2. The summed E-state index contributed by atoms with van der Waals surface area (Å²) in [4.78, 5) is 16.8. The van der Waals surface area contributed by atoms with E-state index in [1.165, 1.54) is 0 Å². The van der Waals surface area contributed by atoms with Gasteiger partial charge in [0.2, 0.25) is 0 Å². The van der Waals surface area contributed by atoms with Gasteiger partial charge in [-0.3, -0.25) is 4.79 Å².